The Morgan fingerprint density at radius 3 is 1.91 bits per heavy atom. The van der Waals surface area contributed by atoms with E-state index in [4.69, 9.17) is 0 Å². The Morgan fingerprint density at radius 1 is 0.758 bits per heavy atom. The minimum absolute atomic E-state index is 0.0545. The van der Waals surface area contributed by atoms with Gasteiger partial charge in [0.1, 0.15) is 0 Å². The number of thiol groups is 1. The number of unbranched alkanes of at least 4 members (excludes halogenated alkanes) is 2. The third kappa shape index (κ3) is 7.23. The van der Waals surface area contributed by atoms with Crippen molar-refractivity contribution in [1.82, 2.24) is 10.6 Å². The Kier molecular flexibility index (Phi) is 10.1. The third-order valence-corrected chi connectivity index (χ3v) is 6.52. The Labute approximate surface area is 214 Å². The number of para-hydroxylation sites is 2. The van der Waals surface area contributed by atoms with Gasteiger partial charge in [0.25, 0.3) is 5.91 Å². The van der Waals surface area contributed by atoms with E-state index in [1.165, 1.54) is 0 Å². The molecule has 0 bridgehead atoms. The van der Waals surface area contributed by atoms with Crippen LogP contribution in [0.25, 0.3) is 0 Å². The molecular weight excluding hydrogens is 545 g/mol. The van der Waals surface area contributed by atoms with Gasteiger partial charge in [-0.3, -0.25) is 9.59 Å². The maximum Gasteiger partial charge on any atom is 0.252 e. The van der Waals surface area contributed by atoms with Gasteiger partial charge < -0.3 is 15.5 Å². The molecule has 0 saturated heterocycles. The molecule has 0 aliphatic rings. The molecule has 0 fully saturated rings. The van der Waals surface area contributed by atoms with Crippen molar-refractivity contribution in [3.05, 3.63) is 88.0 Å². The van der Waals surface area contributed by atoms with Crippen molar-refractivity contribution >= 4 is 64.1 Å². The molecule has 33 heavy (non-hydrogen) atoms. The maximum atomic E-state index is 12.9. The average Bonchev–Trinajstić information content (AvgIpc) is 2.85. The lowest BCUT2D eigenvalue weighted by Gasteiger charge is -2.27. The predicted molar refractivity (Wildman–Crippen MR) is 147 cm³/mol. The molecule has 0 spiro atoms. The van der Waals surface area contributed by atoms with Gasteiger partial charge in [-0.25, -0.2) is 0 Å². The molecule has 0 aliphatic carbocycles. The summed E-state index contributed by atoms with van der Waals surface area (Å²) in [4.78, 5) is 26.3. The van der Waals surface area contributed by atoms with Crippen molar-refractivity contribution in [3.8, 4) is 0 Å². The fourth-order valence-corrected chi connectivity index (χ4v) is 4.41. The molecule has 2 N–H and O–H groups in total. The van der Waals surface area contributed by atoms with Crippen LogP contribution in [-0.2, 0) is 4.79 Å². The highest BCUT2D eigenvalue weighted by Gasteiger charge is 2.19. The molecule has 3 aromatic carbocycles. The molecule has 3 rings (SSSR count). The van der Waals surface area contributed by atoms with Crippen LogP contribution in [0.15, 0.2) is 78.9 Å². The first kappa shape index (κ1) is 25.1. The van der Waals surface area contributed by atoms with Crippen LogP contribution in [0.5, 0.6) is 0 Å². The molecule has 0 radical (unpaired) electrons. The molecule has 0 aromatic heterocycles. The molecule has 5 nitrogen and oxygen atoms in total. The van der Waals surface area contributed by atoms with Gasteiger partial charge in [0.2, 0.25) is 5.91 Å². The molecule has 0 heterocycles. The molecule has 3 aromatic rings. The van der Waals surface area contributed by atoms with Gasteiger partial charge in [-0.2, -0.15) is 12.6 Å². The zero-order valence-corrected chi connectivity index (χ0v) is 21.4. The number of anilines is 3. The van der Waals surface area contributed by atoms with Crippen LogP contribution >= 0.6 is 35.2 Å². The van der Waals surface area contributed by atoms with E-state index >= 15 is 0 Å². The van der Waals surface area contributed by atoms with Crippen molar-refractivity contribution in [2.24, 2.45) is 0 Å². The van der Waals surface area contributed by atoms with Crippen molar-refractivity contribution in [2.45, 2.75) is 19.3 Å². The summed E-state index contributed by atoms with van der Waals surface area (Å²) in [7, 11) is 0. The summed E-state index contributed by atoms with van der Waals surface area (Å²) in [5.74, 6) is 0.0755. The van der Waals surface area contributed by atoms with E-state index in [0.717, 1.165) is 39.9 Å². The Morgan fingerprint density at radius 2 is 1.33 bits per heavy atom. The van der Waals surface area contributed by atoms with Crippen LogP contribution in [-0.4, -0.2) is 30.7 Å². The van der Waals surface area contributed by atoms with Crippen molar-refractivity contribution in [2.75, 3.05) is 23.7 Å². The van der Waals surface area contributed by atoms with Gasteiger partial charge in [-0.15, -0.1) is 0 Å². The maximum absolute atomic E-state index is 12.9. The normalized spacial score (nSPS) is 10.5. The number of nitrogens with zero attached hydrogens (tertiary/aromatic N) is 1. The summed E-state index contributed by atoms with van der Waals surface area (Å²) in [6, 6.07) is 26.1. The minimum atomic E-state index is -0.0781. The number of halogens is 1. The number of carbonyl (C=O) groups excluding carboxylic acids is 2. The Balaban J connectivity index is 1.69. The SMILES string of the molecule is O=C(CS)NCCCCCNC(=O)c1cccc(N(c2ccccc2)c2ccccc2)c1I. The highest BCUT2D eigenvalue weighted by Crippen LogP contribution is 2.37. The summed E-state index contributed by atoms with van der Waals surface area (Å²) < 4.78 is 0.898. The second kappa shape index (κ2) is 13.3. The van der Waals surface area contributed by atoms with Crippen LogP contribution in [0.2, 0.25) is 0 Å². The summed E-state index contributed by atoms with van der Waals surface area (Å²) in [5, 5.41) is 5.84. The molecule has 0 saturated carbocycles. The molecule has 0 aliphatic heterocycles. The smallest absolute Gasteiger partial charge is 0.252 e. The second-order valence-corrected chi connectivity index (χ2v) is 8.86. The van der Waals surface area contributed by atoms with Gasteiger partial charge in [-0.1, -0.05) is 42.5 Å². The van der Waals surface area contributed by atoms with Gasteiger partial charge in [-0.05, 0) is 78.3 Å². The topological polar surface area (TPSA) is 61.4 Å². The zero-order valence-electron chi connectivity index (χ0n) is 18.3. The van der Waals surface area contributed by atoms with E-state index in [9.17, 15) is 9.59 Å². The van der Waals surface area contributed by atoms with Gasteiger partial charge in [0, 0.05) is 28.0 Å². The molecule has 172 valence electrons. The number of amides is 2. The summed E-state index contributed by atoms with van der Waals surface area (Å²) >= 11 is 6.20. The Bertz CT molecular complexity index is 1010. The Hall–Kier alpha value is -2.52. The fraction of sp³-hybridized carbons (Fsp3) is 0.231. The number of hydrogen-bond donors (Lipinski definition) is 3. The van der Waals surface area contributed by atoms with Crippen LogP contribution in [0.4, 0.5) is 17.1 Å². The highest BCUT2D eigenvalue weighted by atomic mass is 127. The van der Waals surface area contributed by atoms with E-state index < -0.39 is 0 Å². The van der Waals surface area contributed by atoms with E-state index in [2.05, 4.69) is 75.0 Å². The first-order chi connectivity index (χ1) is 16.1. The summed E-state index contributed by atoms with van der Waals surface area (Å²) in [5.41, 5.74) is 3.68. The fourth-order valence-electron chi connectivity index (χ4n) is 3.46. The lowest BCUT2D eigenvalue weighted by Crippen LogP contribution is -2.27. The lowest BCUT2D eigenvalue weighted by atomic mass is 10.1. The first-order valence-corrected chi connectivity index (χ1v) is 12.7. The molecule has 0 unspecified atom stereocenters. The van der Waals surface area contributed by atoms with Crippen molar-refractivity contribution < 1.29 is 9.59 Å². The molecule has 2 amide bonds. The van der Waals surface area contributed by atoms with Crippen LogP contribution in [0.1, 0.15) is 29.6 Å². The summed E-state index contributed by atoms with van der Waals surface area (Å²) in [6.07, 6.45) is 2.67. The first-order valence-electron chi connectivity index (χ1n) is 11.0. The minimum Gasteiger partial charge on any atom is -0.355 e. The molecule has 7 heteroatoms. The molecular formula is C26H28IN3O2S. The van der Waals surface area contributed by atoms with E-state index in [1.807, 2.05) is 54.6 Å². The van der Waals surface area contributed by atoms with Crippen molar-refractivity contribution in [1.29, 1.82) is 0 Å². The summed E-state index contributed by atoms with van der Waals surface area (Å²) in [6.45, 7) is 1.24. The van der Waals surface area contributed by atoms with Gasteiger partial charge >= 0.3 is 0 Å². The highest BCUT2D eigenvalue weighted by molar-refractivity contribution is 14.1. The van der Waals surface area contributed by atoms with Crippen LogP contribution in [0.3, 0.4) is 0 Å². The zero-order chi connectivity index (χ0) is 23.5. The second-order valence-electron chi connectivity index (χ2n) is 7.47. The van der Waals surface area contributed by atoms with Gasteiger partial charge in [0.15, 0.2) is 0 Å². The average molecular weight is 574 g/mol. The predicted octanol–water partition coefficient (Wildman–Crippen LogP) is 5.71. The number of benzene rings is 3. The van der Waals surface area contributed by atoms with Crippen LogP contribution in [0, 0.1) is 3.57 Å². The van der Waals surface area contributed by atoms with E-state index in [0.29, 0.717) is 18.7 Å². The van der Waals surface area contributed by atoms with Crippen molar-refractivity contribution in [3.63, 3.8) is 0 Å². The van der Waals surface area contributed by atoms with Crippen LogP contribution < -0.4 is 15.5 Å². The van der Waals surface area contributed by atoms with Gasteiger partial charge in [0.05, 0.1) is 17.0 Å². The molecule has 0 atom stereocenters. The number of carbonyl (C=O) groups is 2. The standard InChI is InChI=1S/C26H28IN3O2S/c27-25-22(26(32)29-18-9-3-8-17-28-24(31)19-33)15-10-16-23(25)30(20-11-4-1-5-12-20)21-13-6-2-7-14-21/h1-2,4-7,10-16,33H,3,8-9,17-19H2,(H,28,31)(H,29,32). The largest absolute Gasteiger partial charge is 0.355 e. The van der Waals surface area contributed by atoms with E-state index in [-0.39, 0.29) is 17.6 Å². The lowest BCUT2D eigenvalue weighted by molar-refractivity contribution is -0.118. The number of rotatable bonds is 11. The van der Waals surface area contributed by atoms with E-state index in [1.54, 1.807) is 0 Å². The third-order valence-electron chi connectivity index (χ3n) is 5.10. The number of nitrogens with one attached hydrogen (secondary N) is 2. The quantitative estimate of drug-likeness (QED) is 0.157. The monoisotopic (exact) mass is 573 g/mol. The number of hydrogen-bond acceptors (Lipinski definition) is 4.